The highest BCUT2D eigenvalue weighted by Gasteiger charge is 2.30. The van der Waals surface area contributed by atoms with Gasteiger partial charge in [0.25, 0.3) is 0 Å². The van der Waals surface area contributed by atoms with E-state index < -0.39 is 17.0 Å². The summed E-state index contributed by atoms with van der Waals surface area (Å²) in [6.45, 7) is 12.1. The van der Waals surface area contributed by atoms with Crippen LogP contribution in [0, 0.1) is 0 Å². The van der Waals surface area contributed by atoms with E-state index in [-0.39, 0.29) is 5.75 Å². The van der Waals surface area contributed by atoms with Crippen molar-refractivity contribution in [3.05, 3.63) is 47.5 Å². The minimum Gasteiger partial charge on any atom is -0.505 e. The number of phenols is 1. The van der Waals surface area contributed by atoms with Gasteiger partial charge in [0.05, 0.1) is 5.56 Å². The zero-order valence-electron chi connectivity index (χ0n) is 19.4. The van der Waals surface area contributed by atoms with Crippen molar-refractivity contribution >= 4 is 17.0 Å². The summed E-state index contributed by atoms with van der Waals surface area (Å²) in [7, 11) is 0. The molecule has 0 fully saturated rings. The minimum atomic E-state index is -0.522. The Balaban J connectivity index is 2.08. The first-order valence-corrected chi connectivity index (χ1v) is 11.0. The second-order valence-corrected chi connectivity index (χ2v) is 9.42. The number of rotatable bonds is 7. The molecule has 0 radical (unpaired) electrons. The highest BCUT2D eigenvalue weighted by molar-refractivity contribution is 5.91. The van der Waals surface area contributed by atoms with E-state index in [0.717, 1.165) is 25.7 Å². The number of nitrogens with zero attached hydrogens (tertiary/aromatic N) is 3. The summed E-state index contributed by atoms with van der Waals surface area (Å²) in [5, 5.41) is 20.0. The number of benzene rings is 2. The van der Waals surface area contributed by atoms with Crippen molar-refractivity contribution in [2.75, 3.05) is 0 Å². The van der Waals surface area contributed by atoms with Crippen LogP contribution < -0.4 is 0 Å². The second kappa shape index (κ2) is 8.69. The van der Waals surface area contributed by atoms with Crippen molar-refractivity contribution in [2.24, 2.45) is 0 Å². The molecule has 0 aliphatic heterocycles. The molecule has 3 rings (SSSR count). The maximum Gasteiger partial charge on any atom is 0.338 e. The normalized spacial score (nSPS) is 13.9. The lowest BCUT2D eigenvalue weighted by Gasteiger charge is -2.29. The van der Waals surface area contributed by atoms with Gasteiger partial charge in [-0.25, -0.2) is 4.79 Å². The lowest BCUT2D eigenvalue weighted by atomic mass is 9.85. The molecule has 0 saturated carbocycles. The Kier molecular flexibility index (Phi) is 6.39. The van der Waals surface area contributed by atoms with Gasteiger partial charge in [-0.1, -0.05) is 53.2 Å². The van der Waals surface area contributed by atoms with Crippen LogP contribution in [0.4, 0.5) is 0 Å². The van der Waals surface area contributed by atoms with Crippen molar-refractivity contribution in [1.82, 2.24) is 15.0 Å². The lowest BCUT2D eigenvalue weighted by Crippen LogP contribution is -2.31. The van der Waals surface area contributed by atoms with Gasteiger partial charge in [-0.3, -0.25) is 0 Å². The van der Waals surface area contributed by atoms with Gasteiger partial charge in [-0.05, 0) is 55.9 Å². The minimum absolute atomic E-state index is 0.0635. The summed E-state index contributed by atoms with van der Waals surface area (Å²) < 4.78 is 5.96. The van der Waals surface area contributed by atoms with Crippen molar-refractivity contribution in [1.29, 1.82) is 0 Å². The molecule has 0 bridgehead atoms. The van der Waals surface area contributed by atoms with Gasteiger partial charge in [0.15, 0.2) is 0 Å². The number of aromatic nitrogens is 3. The molecule has 6 nitrogen and oxygen atoms in total. The average molecular weight is 424 g/mol. The number of hydrogen-bond acceptors (Lipinski definition) is 5. The zero-order valence-corrected chi connectivity index (χ0v) is 19.4. The van der Waals surface area contributed by atoms with E-state index >= 15 is 0 Å². The highest BCUT2D eigenvalue weighted by Crippen LogP contribution is 2.37. The van der Waals surface area contributed by atoms with Gasteiger partial charge in [-0.2, -0.15) is 0 Å². The third kappa shape index (κ3) is 4.89. The van der Waals surface area contributed by atoms with E-state index in [1.807, 2.05) is 58.9 Å². The maximum atomic E-state index is 13.2. The average Bonchev–Trinajstić information content (AvgIpc) is 3.15. The van der Waals surface area contributed by atoms with Crippen LogP contribution in [0.25, 0.3) is 16.7 Å². The molecule has 2 aromatic carbocycles. The number of phenolic OH excluding ortho intramolecular Hbond substituents is 1. The predicted molar refractivity (Wildman–Crippen MR) is 123 cm³/mol. The lowest BCUT2D eigenvalue weighted by molar-refractivity contribution is -0.0163. The van der Waals surface area contributed by atoms with E-state index in [1.54, 1.807) is 12.1 Å². The van der Waals surface area contributed by atoms with Crippen LogP contribution in [0.5, 0.6) is 5.75 Å². The quantitative estimate of drug-likeness (QED) is 0.476. The third-order valence-electron chi connectivity index (χ3n) is 5.78. The molecule has 0 saturated heterocycles. The fourth-order valence-electron chi connectivity index (χ4n) is 3.56. The van der Waals surface area contributed by atoms with Gasteiger partial charge in [0, 0.05) is 5.56 Å². The van der Waals surface area contributed by atoms with E-state index in [2.05, 4.69) is 17.1 Å². The first-order valence-electron chi connectivity index (χ1n) is 11.0. The Morgan fingerprint density at radius 2 is 1.68 bits per heavy atom. The van der Waals surface area contributed by atoms with Crippen molar-refractivity contribution in [3.8, 4) is 11.4 Å². The number of aromatic hydroxyl groups is 1. The van der Waals surface area contributed by atoms with Crippen LogP contribution in [-0.4, -0.2) is 31.7 Å². The second-order valence-electron chi connectivity index (χ2n) is 9.42. The molecular formula is C25H33N3O3. The topological polar surface area (TPSA) is 77.2 Å². The first kappa shape index (κ1) is 22.8. The summed E-state index contributed by atoms with van der Waals surface area (Å²) >= 11 is 0. The van der Waals surface area contributed by atoms with Crippen LogP contribution in [0.15, 0.2) is 36.4 Å². The molecule has 31 heavy (non-hydrogen) atoms. The largest absolute Gasteiger partial charge is 0.505 e. The standard InChI is InChI=1S/C25H33N3O3/c1-7-9-14-25(6,8-2)31-23(30)17-15-18(24(3,4)5)22(29)21(16-17)28-26-19-12-10-11-13-20(19)27-28/h10-13,15-16,29H,7-9,14H2,1-6H3. The van der Waals surface area contributed by atoms with Crippen LogP contribution in [0.1, 0.15) is 83.1 Å². The van der Waals surface area contributed by atoms with Crippen molar-refractivity contribution < 1.29 is 14.6 Å². The van der Waals surface area contributed by atoms with Gasteiger partial charge >= 0.3 is 5.97 Å². The molecule has 0 amide bonds. The Bertz CT molecular complexity index is 1050. The van der Waals surface area contributed by atoms with Crippen LogP contribution >= 0.6 is 0 Å². The number of carbonyl (C=O) groups excluding carboxylic acids is 1. The molecule has 0 spiro atoms. The molecule has 3 aromatic rings. The SMILES string of the molecule is CCCCC(C)(CC)OC(=O)c1cc(-n2nc3ccccc3n2)c(O)c(C(C)(C)C)c1. The van der Waals surface area contributed by atoms with Gasteiger partial charge in [0.1, 0.15) is 28.1 Å². The zero-order chi connectivity index (χ0) is 22.8. The monoisotopic (exact) mass is 423 g/mol. The van der Waals surface area contributed by atoms with E-state index in [4.69, 9.17) is 4.74 Å². The Hall–Kier alpha value is -2.89. The Labute approximate surface area is 184 Å². The van der Waals surface area contributed by atoms with Crippen LogP contribution in [0.2, 0.25) is 0 Å². The molecule has 0 aliphatic carbocycles. The van der Waals surface area contributed by atoms with Crippen molar-refractivity contribution in [3.63, 3.8) is 0 Å². The first-order chi connectivity index (χ1) is 14.6. The number of hydrogen-bond donors (Lipinski definition) is 1. The van der Waals surface area contributed by atoms with E-state index in [0.29, 0.717) is 27.8 Å². The fraction of sp³-hybridized carbons (Fsp3) is 0.480. The summed E-state index contributed by atoms with van der Waals surface area (Å²) in [5.74, 6) is -0.336. The third-order valence-corrected chi connectivity index (χ3v) is 5.78. The van der Waals surface area contributed by atoms with E-state index in [1.165, 1.54) is 4.80 Å². The molecular weight excluding hydrogens is 390 g/mol. The molecule has 0 aliphatic rings. The summed E-state index contributed by atoms with van der Waals surface area (Å²) in [6.07, 6.45) is 3.59. The van der Waals surface area contributed by atoms with Crippen molar-refractivity contribution in [2.45, 2.75) is 78.2 Å². The number of carbonyl (C=O) groups is 1. The number of fused-ring (bicyclic) bond motifs is 1. The summed E-state index contributed by atoms with van der Waals surface area (Å²) in [5.41, 5.74) is 1.90. The molecule has 1 heterocycles. The summed E-state index contributed by atoms with van der Waals surface area (Å²) in [6, 6.07) is 10.8. The molecule has 1 unspecified atom stereocenters. The molecule has 1 N–H and O–H groups in total. The maximum absolute atomic E-state index is 13.2. The fourth-order valence-corrected chi connectivity index (χ4v) is 3.56. The van der Waals surface area contributed by atoms with Crippen LogP contribution in [0.3, 0.4) is 0 Å². The Morgan fingerprint density at radius 1 is 1.06 bits per heavy atom. The van der Waals surface area contributed by atoms with E-state index in [9.17, 15) is 9.90 Å². The predicted octanol–water partition coefficient (Wildman–Crippen LogP) is 5.94. The number of esters is 1. The Morgan fingerprint density at radius 3 is 2.19 bits per heavy atom. The highest BCUT2D eigenvalue weighted by atomic mass is 16.6. The van der Waals surface area contributed by atoms with Gasteiger partial charge < -0.3 is 9.84 Å². The molecule has 6 heteroatoms. The van der Waals surface area contributed by atoms with Crippen LogP contribution in [-0.2, 0) is 10.2 Å². The smallest absolute Gasteiger partial charge is 0.338 e. The number of ether oxygens (including phenoxy) is 1. The number of unbranched alkanes of at least 4 members (excludes halogenated alkanes) is 1. The summed E-state index contributed by atoms with van der Waals surface area (Å²) in [4.78, 5) is 14.6. The molecule has 166 valence electrons. The van der Waals surface area contributed by atoms with Gasteiger partial charge in [0.2, 0.25) is 0 Å². The molecule has 1 atom stereocenters. The molecule has 1 aromatic heterocycles. The van der Waals surface area contributed by atoms with Gasteiger partial charge in [-0.15, -0.1) is 15.0 Å².